The predicted octanol–water partition coefficient (Wildman–Crippen LogP) is 2.06. The molecule has 0 unspecified atom stereocenters. The first kappa shape index (κ1) is 13.6. The van der Waals surface area contributed by atoms with Crippen LogP contribution in [0.2, 0.25) is 0 Å². The van der Waals surface area contributed by atoms with Crippen molar-refractivity contribution in [3.8, 4) is 0 Å². The van der Waals surface area contributed by atoms with Gasteiger partial charge in [0, 0.05) is 6.54 Å². The van der Waals surface area contributed by atoms with Crippen LogP contribution in [0.25, 0.3) is 0 Å². The van der Waals surface area contributed by atoms with Crippen LogP contribution in [0.5, 0.6) is 0 Å². The molecule has 2 aromatic rings. The fourth-order valence-electron chi connectivity index (χ4n) is 1.78. The first-order valence-corrected chi connectivity index (χ1v) is 7.38. The lowest BCUT2D eigenvalue weighted by Crippen LogP contribution is -2.24. The highest BCUT2D eigenvalue weighted by molar-refractivity contribution is 7.89. The fourth-order valence-corrected chi connectivity index (χ4v) is 2.92. The van der Waals surface area contributed by atoms with Crippen molar-refractivity contribution in [2.45, 2.75) is 18.4 Å². The van der Waals surface area contributed by atoms with E-state index >= 15 is 0 Å². The van der Waals surface area contributed by atoms with E-state index in [4.69, 9.17) is 5.73 Å². The van der Waals surface area contributed by atoms with Gasteiger partial charge in [-0.3, -0.25) is 0 Å². The van der Waals surface area contributed by atoms with Crippen LogP contribution in [-0.4, -0.2) is 8.42 Å². The first-order valence-electron chi connectivity index (χ1n) is 5.89. The molecular formula is C14H16N2O2S. The number of anilines is 1. The number of nitrogens with two attached hydrogens (primary N) is 1. The number of nitrogens with one attached hydrogen (secondary N) is 1. The van der Waals surface area contributed by atoms with Crippen LogP contribution in [0.15, 0.2) is 53.4 Å². The van der Waals surface area contributed by atoms with E-state index in [0.717, 1.165) is 11.1 Å². The molecular weight excluding hydrogens is 260 g/mol. The zero-order valence-electron chi connectivity index (χ0n) is 10.6. The van der Waals surface area contributed by atoms with Gasteiger partial charge in [0.2, 0.25) is 10.0 Å². The molecule has 5 heteroatoms. The molecule has 100 valence electrons. The third-order valence-corrected chi connectivity index (χ3v) is 4.40. The van der Waals surface area contributed by atoms with Crippen molar-refractivity contribution in [2.75, 3.05) is 5.73 Å². The molecule has 0 radical (unpaired) electrons. The summed E-state index contributed by atoms with van der Waals surface area (Å²) in [6.07, 6.45) is 0. The van der Waals surface area contributed by atoms with Gasteiger partial charge in [0.1, 0.15) is 4.90 Å². The Labute approximate surface area is 113 Å². The Kier molecular flexibility index (Phi) is 3.87. The molecule has 2 aromatic carbocycles. The van der Waals surface area contributed by atoms with Crippen LogP contribution in [-0.2, 0) is 16.6 Å². The number of sulfonamides is 1. The van der Waals surface area contributed by atoms with Crippen molar-refractivity contribution >= 4 is 15.7 Å². The zero-order valence-corrected chi connectivity index (χ0v) is 11.4. The largest absolute Gasteiger partial charge is 0.398 e. The maximum Gasteiger partial charge on any atom is 0.242 e. The highest BCUT2D eigenvalue weighted by atomic mass is 32.2. The standard InChI is InChI=1S/C14H16N2O2S/c1-11-6-2-3-7-12(11)10-16-19(17,18)14-9-5-4-8-13(14)15/h2-9,16H,10,15H2,1H3. The van der Waals surface area contributed by atoms with Crippen LogP contribution in [0, 0.1) is 6.92 Å². The second-order valence-electron chi connectivity index (χ2n) is 4.29. The molecule has 0 bridgehead atoms. The summed E-state index contributed by atoms with van der Waals surface area (Å²) < 4.78 is 26.9. The second kappa shape index (κ2) is 5.42. The third kappa shape index (κ3) is 3.13. The maximum atomic E-state index is 12.1. The minimum atomic E-state index is -3.58. The minimum Gasteiger partial charge on any atom is -0.398 e. The quantitative estimate of drug-likeness (QED) is 0.840. The molecule has 4 nitrogen and oxygen atoms in total. The van der Waals surface area contributed by atoms with E-state index in [1.807, 2.05) is 31.2 Å². The van der Waals surface area contributed by atoms with Crippen molar-refractivity contribution < 1.29 is 8.42 Å². The molecule has 0 atom stereocenters. The van der Waals surface area contributed by atoms with E-state index in [-0.39, 0.29) is 17.1 Å². The van der Waals surface area contributed by atoms with E-state index in [1.165, 1.54) is 6.07 Å². The van der Waals surface area contributed by atoms with Gasteiger partial charge in [-0.2, -0.15) is 0 Å². The van der Waals surface area contributed by atoms with Crippen molar-refractivity contribution in [1.82, 2.24) is 4.72 Å². The van der Waals surface area contributed by atoms with Gasteiger partial charge in [0.25, 0.3) is 0 Å². The Hall–Kier alpha value is -1.85. The summed E-state index contributed by atoms with van der Waals surface area (Å²) >= 11 is 0. The van der Waals surface area contributed by atoms with Crippen LogP contribution in [0.4, 0.5) is 5.69 Å². The Morgan fingerprint density at radius 1 is 1.05 bits per heavy atom. The van der Waals surface area contributed by atoms with Gasteiger partial charge in [-0.15, -0.1) is 0 Å². The zero-order chi connectivity index (χ0) is 13.9. The molecule has 0 saturated heterocycles. The molecule has 2 rings (SSSR count). The smallest absolute Gasteiger partial charge is 0.242 e. The Balaban J connectivity index is 2.20. The van der Waals surface area contributed by atoms with E-state index < -0.39 is 10.0 Å². The molecule has 0 saturated carbocycles. The van der Waals surface area contributed by atoms with E-state index in [0.29, 0.717) is 0 Å². The number of benzene rings is 2. The third-order valence-electron chi connectivity index (χ3n) is 2.92. The molecule has 0 aliphatic rings. The molecule has 0 aliphatic carbocycles. The summed E-state index contributed by atoms with van der Waals surface area (Å²) in [5.74, 6) is 0. The van der Waals surface area contributed by atoms with Crippen molar-refractivity contribution in [1.29, 1.82) is 0 Å². The summed E-state index contributed by atoms with van der Waals surface area (Å²) in [4.78, 5) is 0.114. The number of para-hydroxylation sites is 1. The average molecular weight is 276 g/mol. The topological polar surface area (TPSA) is 72.2 Å². The molecule has 0 aromatic heterocycles. The first-order chi connectivity index (χ1) is 9.00. The van der Waals surface area contributed by atoms with Gasteiger partial charge in [-0.25, -0.2) is 13.1 Å². The lowest BCUT2D eigenvalue weighted by molar-refractivity contribution is 0.581. The Morgan fingerprint density at radius 2 is 1.68 bits per heavy atom. The Morgan fingerprint density at radius 3 is 2.37 bits per heavy atom. The SMILES string of the molecule is Cc1ccccc1CNS(=O)(=O)c1ccccc1N. The summed E-state index contributed by atoms with van der Waals surface area (Å²) in [6, 6.07) is 14.1. The normalized spacial score (nSPS) is 11.4. The van der Waals surface area contributed by atoms with Crippen LogP contribution >= 0.6 is 0 Å². The number of hydrogen-bond donors (Lipinski definition) is 2. The summed E-state index contributed by atoms with van der Waals surface area (Å²) in [5.41, 5.74) is 7.93. The lowest BCUT2D eigenvalue weighted by Gasteiger charge is -2.10. The van der Waals surface area contributed by atoms with Gasteiger partial charge in [0.05, 0.1) is 5.69 Å². The van der Waals surface area contributed by atoms with Crippen molar-refractivity contribution in [3.63, 3.8) is 0 Å². The monoisotopic (exact) mass is 276 g/mol. The highest BCUT2D eigenvalue weighted by Crippen LogP contribution is 2.17. The van der Waals surface area contributed by atoms with E-state index in [1.54, 1.807) is 18.2 Å². The fraction of sp³-hybridized carbons (Fsp3) is 0.143. The van der Waals surface area contributed by atoms with E-state index in [2.05, 4.69) is 4.72 Å². The van der Waals surface area contributed by atoms with Crippen LogP contribution < -0.4 is 10.5 Å². The van der Waals surface area contributed by atoms with Crippen molar-refractivity contribution in [3.05, 3.63) is 59.7 Å². The van der Waals surface area contributed by atoms with Crippen LogP contribution in [0.1, 0.15) is 11.1 Å². The average Bonchev–Trinajstić information content (AvgIpc) is 2.38. The highest BCUT2D eigenvalue weighted by Gasteiger charge is 2.16. The van der Waals surface area contributed by atoms with Gasteiger partial charge < -0.3 is 5.73 Å². The van der Waals surface area contributed by atoms with Gasteiger partial charge in [-0.05, 0) is 30.2 Å². The number of hydrogen-bond acceptors (Lipinski definition) is 3. The molecule has 0 fully saturated rings. The number of nitrogen functional groups attached to an aromatic ring is 1. The summed E-state index contributed by atoms with van der Waals surface area (Å²) in [5, 5.41) is 0. The van der Waals surface area contributed by atoms with Gasteiger partial charge in [0.15, 0.2) is 0 Å². The lowest BCUT2D eigenvalue weighted by atomic mass is 10.1. The predicted molar refractivity (Wildman–Crippen MR) is 76.1 cm³/mol. The van der Waals surface area contributed by atoms with E-state index in [9.17, 15) is 8.42 Å². The minimum absolute atomic E-state index is 0.114. The van der Waals surface area contributed by atoms with Gasteiger partial charge >= 0.3 is 0 Å². The molecule has 0 spiro atoms. The second-order valence-corrected chi connectivity index (χ2v) is 6.02. The maximum absolute atomic E-state index is 12.1. The molecule has 0 aliphatic heterocycles. The Bertz CT molecular complexity index is 681. The van der Waals surface area contributed by atoms with Crippen LogP contribution in [0.3, 0.4) is 0 Å². The summed E-state index contributed by atoms with van der Waals surface area (Å²) in [6.45, 7) is 2.20. The van der Waals surface area contributed by atoms with Crippen molar-refractivity contribution in [2.24, 2.45) is 0 Å². The molecule has 0 heterocycles. The summed E-state index contributed by atoms with van der Waals surface area (Å²) in [7, 11) is -3.58. The number of aryl methyl sites for hydroxylation is 1. The molecule has 19 heavy (non-hydrogen) atoms. The molecule has 0 amide bonds. The molecule has 3 N–H and O–H groups in total. The van der Waals surface area contributed by atoms with Gasteiger partial charge in [-0.1, -0.05) is 36.4 Å². The number of rotatable bonds is 4.